The van der Waals surface area contributed by atoms with E-state index in [4.69, 9.17) is 16.3 Å². The number of anilines is 2. The van der Waals surface area contributed by atoms with Crippen LogP contribution in [0.15, 0.2) is 42.5 Å². The van der Waals surface area contributed by atoms with Crippen molar-refractivity contribution < 1.29 is 18.7 Å². The first kappa shape index (κ1) is 19.7. The minimum atomic E-state index is -1.36. The van der Waals surface area contributed by atoms with E-state index in [1.807, 2.05) is 6.92 Å². The number of hydrogen-bond acceptors (Lipinski definition) is 3. The SMILES string of the molecule is CCOc1ccc(NC(=O)C(C)(C)C(=O)Nc2ccc(F)c(Cl)c2)cc1. The van der Waals surface area contributed by atoms with Crippen LogP contribution >= 0.6 is 11.6 Å². The van der Waals surface area contributed by atoms with Crippen LogP contribution in [-0.2, 0) is 9.59 Å². The molecule has 0 radical (unpaired) electrons. The molecule has 138 valence electrons. The summed E-state index contributed by atoms with van der Waals surface area (Å²) in [6.45, 7) is 5.42. The zero-order chi connectivity index (χ0) is 19.3. The second-order valence-electron chi connectivity index (χ2n) is 6.12. The normalized spacial score (nSPS) is 11.0. The Bertz CT molecular complexity index is 807. The van der Waals surface area contributed by atoms with E-state index < -0.39 is 23.0 Å². The Morgan fingerprint density at radius 1 is 1.04 bits per heavy atom. The molecule has 0 unspecified atom stereocenters. The summed E-state index contributed by atoms with van der Waals surface area (Å²) >= 11 is 5.70. The third-order valence-corrected chi connectivity index (χ3v) is 4.03. The Labute approximate surface area is 156 Å². The summed E-state index contributed by atoms with van der Waals surface area (Å²) in [5.41, 5.74) is -0.507. The molecule has 2 aromatic carbocycles. The number of benzene rings is 2. The number of amides is 2. The van der Waals surface area contributed by atoms with E-state index in [2.05, 4.69) is 10.6 Å². The number of halogens is 2. The third kappa shape index (κ3) is 4.73. The van der Waals surface area contributed by atoms with E-state index in [1.165, 1.54) is 26.0 Å². The van der Waals surface area contributed by atoms with Gasteiger partial charge in [0.05, 0.1) is 11.6 Å². The van der Waals surface area contributed by atoms with Gasteiger partial charge in [0.25, 0.3) is 0 Å². The molecular weight excluding hydrogens is 359 g/mol. The number of ether oxygens (including phenoxy) is 1. The van der Waals surface area contributed by atoms with Crippen LogP contribution in [0, 0.1) is 11.2 Å². The van der Waals surface area contributed by atoms with Crippen LogP contribution in [0.1, 0.15) is 20.8 Å². The van der Waals surface area contributed by atoms with Crippen molar-refractivity contribution in [2.45, 2.75) is 20.8 Å². The van der Waals surface area contributed by atoms with Crippen molar-refractivity contribution in [1.82, 2.24) is 0 Å². The van der Waals surface area contributed by atoms with Gasteiger partial charge in [-0.2, -0.15) is 0 Å². The molecule has 0 aliphatic heterocycles. The van der Waals surface area contributed by atoms with Gasteiger partial charge in [0.15, 0.2) is 0 Å². The van der Waals surface area contributed by atoms with Gasteiger partial charge in [-0.1, -0.05) is 11.6 Å². The van der Waals surface area contributed by atoms with Crippen LogP contribution in [-0.4, -0.2) is 18.4 Å². The minimum Gasteiger partial charge on any atom is -0.494 e. The second kappa shape index (κ2) is 8.19. The van der Waals surface area contributed by atoms with Crippen molar-refractivity contribution in [3.8, 4) is 5.75 Å². The highest BCUT2D eigenvalue weighted by Crippen LogP contribution is 2.25. The van der Waals surface area contributed by atoms with E-state index >= 15 is 0 Å². The molecule has 0 bridgehead atoms. The number of carbonyl (C=O) groups is 2. The van der Waals surface area contributed by atoms with Gasteiger partial charge < -0.3 is 15.4 Å². The standard InChI is InChI=1S/C19H20ClFN2O3/c1-4-26-14-8-5-12(6-9-14)22-17(24)19(2,3)18(25)23-13-7-10-16(21)15(20)11-13/h5-11H,4H2,1-3H3,(H,22,24)(H,23,25). The van der Waals surface area contributed by atoms with Crippen molar-refractivity contribution >= 4 is 34.8 Å². The molecule has 0 aliphatic carbocycles. The molecule has 2 rings (SSSR count). The molecule has 0 heterocycles. The first-order valence-corrected chi connectivity index (χ1v) is 8.42. The molecule has 0 atom stereocenters. The fourth-order valence-corrected chi connectivity index (χ4v) is 2.23. The van der Waals surface area contributed by atoms with Crippen LogP contribution in [0.4, 0.5) is 15.8 Å². The Kier molecular flexibility index (Phi) is 6.21. The lowest BCUT2D eigenvalue weighted by molar-refractivity contribution is -0.135. The molecule has 5 nitrogen and oxygen atoms in total. The summed E-state index contributed by atoms with van der Waals surface area (Å²) in [7, 11) is 0. The van der Waals surface area contributed by atoms with Crippen LogP contribution < -0.4 is 15.4 Å². The maximum absolute atomic E-state index is 13.2. The Morgan fingerprint density at radius 3 is 2.12 bits per heavy atom. The van der Waals surface area contributed by atoms with E-state index in [-0.39, 0.29) is 5.02 Å². The maximum atomic E-state index is 13.2. The van der Waals surface area contributed by atoms with Gasteiger partial charge >= 0.3 is 0 Å². The first-order chi connectivity index (χ1) is 12.2. The topological polar surface area (TPSA) is 67.4 Å². The molecule has 26 heavy (non-hydrogen) atoms. The number of nitrogens with one attached hydrogen (secondary N) is 2. The smallest absolute Gasteiger partial charge is 0.239 e. The molecule has 0 saturated heterocycles. The summed E-state index contributed by atoms with van der Waals surface area (Å²) in [5, 5.41) is 5.16. The molecule has 0 spiro atoms. The van der Waals surface area contributed by atoms with Crippen molar-refractivity contribution in [3.05, 3.63) is 53.3 Å². The summed E-state index contributed by atoms with van der Waals surface area (Å²) < 4.78 is 18.5. The quantitative estimate of drug-likeness (QED) is 0.728. The van der Waals surface area contributed by atoms with E-state index in [0.29, 0.717) is 23.7 Å². The van der Waals surface area contributed by atoms with Gasteiger partial charge in [-0.05, 0) is 63.2 Å². The first-order valence-electron chi connectivity index (χ1n) is 8.05. The van der Waals surface area contributed by atoms with E-state index in [1.54, 1.807) is 24.3 Å². The lowest BCUT2D eigenvalue weighted by atomic mass is 9.90. The molecule has 2 aromatic rings. The van der Waals surface area contributed by atoms with Crippen LogP contribution in [0.3, 0.4) is 0 Å². The summed E-state index contributed by atoms with van der Waals surface area (Å²) in [6, 6.07) is 10.6. The molecule has 0 saturated carbocycles. The van der Waals surface area contributed by atoms with Gasteiger partial charge in [0, 0.05) is 11.4 Å². The number of hydrogen-bond donors (Lipinski definition) is 2. The molecule has 7 heteroatoms. The van der Waals surface area contributed by atoms with Crippen molar-refractivity contribution in [3.63, 3.8) is 0 Å². The third-order valence-electron chi connectivity index (χ3n) is 3.74. The Morgan fingerprint density at radius 2 is 1.58 bits per heavy atom. The van der Waals surface area contributed by atoms with Gasteiger partial charge in [0.2, 0.25) is 11.8 Å². The average molecular weight is 379 g/mol. The summed E-state index contributed by atoms with van der Waals surface area (Å²) in [6.07, 6.45) is 0. The maximum Gasteiger partial charge on any atom is 0.239 e. The lowest BCUT2D eigenvalue weighted by Gasteiger charge is -2.23. The average Bonchev–Trinajstić information content (AvgIpc) is 2.60. The summed E-state index contributed by atoms with van der Waals surface area (Å²) in [5.74, 6) is -0.913. The lowest BCUT2D eigenvalue weighted by Crippen LogP contribution is -2.41. The minimum absolute atomic E-state index is 0.112. The second-order valence-corrected chi connectivity index (χ2v) is 6.53. The molecule has 0 fully saturated rings. The zero-order valence-electron chi connectivity index (χ0n) is 14.7. The predicted molar refractivity (Wildman–Crippen MR) is 100 cm³/mol. The molecule has 2 amide bonds. The Balaban J connectivity index is 2.05. The van der Waals surface area contributed by atoms with E-state index in [9.17, 15) is 14.0 Å². The Hall–Kier alpha value is -2.60. The van der Waals surface area contributed by atoms with Gasteiger partial charge in [-0.15, -0.1) is 0 Å². The molecule has 0 aliphatic rings. The highest BCUT2D eigenvalue weighted by molar-refractivity contribution is 6.31. The summed E-state index contributed by atoms with van der Waals surface area (Å²) in [4.78, 5) is 25.0. The fraction of sp³-hybridized carbons (Fsp3) is 0.263. The monoisotopic (exact) mass is 378 g/mol. The highest BCUT2D eigenvalue weighted by Gasteiger charge is 2.36. The van der Waals surface area contributed by atoms with Crippen molar-refractivity contribution in [2.75, 3.05) is 17.2 Å². The van der Waals surface area contributed by atoms with Crippen molar-refractivity contribution in [1.29, 1.82) is 0 Å². The van der Waals surface area contributed by atoms with Gasteiger partial charge in [0.1, 0.15) is 17.0 Å². The van der Waals surface area contributed by atoms with Crippen LogP contribution in [0.25, 0.3) is 0 Å². The number of carbonyl (C=O) groups excluding carboxylic acids is 2. The van der Waals surface area contributed by atoms with Gasteiger partial charge in [-0.25, -0.2) is 4.39 Å². The van der Waals surface area contributed by atoms with Gasteiger partial charge in [-0.3, -0.25) is 9.59 Å². The zero-order valence-corrected chi connectivity index (χ0v) is 15.5. The molecule has 0 aromatic heterocycles. The van der Waals surface area contributed by atoms with Crippen molar-refractivity contribution in [2.24, 2.45) is 5.41 Å². The van der Waals surface area contributed by atoms with Crippen LogP contribution in [0.2, 0.25) is 5.02 Å². The molecule has 2 N–H and O–H groups in total. The van der Waals surface area contributed by atoms with E-state index in [0.717, 1.165) is 6.07 Å². The largest absolute Gasteiger partial charge is 0.494 e. The fourth-order valence-electron chi connectivity index (χ4n) is 2.05. The predicted octanol–water partition coefficient (Wildman–Crippen LogP) is 4.48. The number of rotatable bonds is 6. The van der Waals surface area contributed by atoms with Crippen LogP contribution in [0.5, 0.6) is 5.75 Å². The highest BCUT2D eigenvalue weighted by atomic mass is 35.5. The molecular formula is C19H20ClFN2O3.